The van der Waals surface area contributed by atoms with Crippen LogP contribution in [0.25, 0.3) is 10.9 Å². The van der Waals surface area contributed by atoms with E-state index < -0.39 is 0 Å². The number of nitrogens with zero attached hydrogens (tertiary/aromatic N) is 3. The van der Waals surface area contributed by atoms with Crippen molar-refractivity contribution in [3.05, 3.63) is 60.0 Å². The van der Waals surface area contributed by atoms with Gasteiger partial charge in [0.2, 0.25) is 6.41 Å². The monoisotopic (exact) mass is 377 g/mol. The number of benzene rings is 1. The fourth-order valence-electron chi connectivity index (χ4n) is 3.50. The molecule has 0 spiro atoms. The Morgan fingerprint density at radius 3 is 2.71 bits per heavy atom. The summed E-state index contributed by atoms with van der Waals surface area (Å²) in [5, 5.41) is 4.61. The van der Waals surface area contributed by atoms with Crippen molar-refractivity contribution in [3.63, 3.8) is 0 Å². The third-order valence-electron chi connectivity index (χ3n) is 5.13. The first-order valence-corrected chi connectivity index (χ1v) is 9.48. The average molecular weight is 377 g/mol. The number of para-hydroxylation sites is 1. The van der Waals surface area contributed by atoms with Crippen LogP contribution in [0.3, 0.4) is 0 Å². The highest BCUT2D eigenvalue weighted by atomic mass is 16.2. The number of carbonyl (C=O) groups is 2. The zero-order chi connectivity index (χ0) is 19.3. The minimum Gasteiger partial charge on any atom is -0.383 e. The first-order chi connectivity index (χ1) is 13.7. The van der Waals surface area contributed by atoms with Crippen LogP contribution in [0.1, 0.15) is 16.1 Å². The van der Waals surface area contributed by atoms with Gasteiger partial charge in [-0.25, -0.2) is 4.98 Å². The Balaban J connectivity index is 1.31. The Morgan fingerprint density at radius 1 is 1.14 bits per heavy atom. The summed E-state index contributed by atoms with van der Waals surface area (Å²) < 4.78 is 0. The molecule has 0 saturated carbocycles. The normalized spacial score (nSPS) is 14.3. The zero-order valence-electron chi connectivity index (χ0n) is 15.6. The lowest BCUT2D eigenvalue weighted by molar-refractivity contribution is -0.119. The van der Waals surface area contributed by atoms with Gasteiger partial charge in [-0.3, -0.25) is 9.59 Å². The molecule has 7 nitrogen and oxygen atoms in total. The number of rotatable bonds is 6. The molecule has 28 heavy (non-hydrogen) atoms. The number of piperazine rings is 1. The van der Waals surface area contributed by atoms with Crippen molar-refractivity contribution in [2.24, 2.45) is 0 Å². The molecule has 3 heterocycles. The van der Waals surface area contributed by atoms with Crippen LogP contribution in [-0.4, -0.2) is 64.8 Å². The number of pyridine rings is 1. The number of amides is 2. The van der Waals surface area contributed by atoms with Gasteiger partial charge in [0.1, 0.15) is 5.69 Å². The van der Waals surface area contributed by atoms with E-state index in [1.807, 2.05) is 18.2 Å². The second kappa shape index (κ2) is 8.12. The fraction of sp³-hybridized carbons (Fsp3) is 0.286. The molecule has 0 aliphatic carbocycles. The van der Waals surface area contributed by atoms with E-state index in [0.717, 1.165) is 30.6 Å². The van der Waals surface area contributed by atoms with E-state index in [-0.39, 0.29) is 5.91 Å². The Kier molecular flexibility index (Phi) is 5.23. The van der Waals surface area contributed by atoms with Crippen molar-refractivity contribution in [2.75, 3.05) is 38.0 Å². The van der Waals surface area contributed by atoms with E-state index in [0.29, 0.717) is 31.9 Å². The van der Waals surface area contributed by atoms with Gasteiger partial charge in [0.25, 0.3) is 5.91 Å². The number of aromatic amines is 1. The van der Waals surface area contributed by atoms with Gasteiger partial charge in [-0.2, -0.15) is 0 Å². The van der Waals surface area contributed by atoms with Gasteiger partial charge in [-0.15, -0.1) is 0 Å². The van der Waals surface area contributed by atoms with Gasteiger partial charge >= 0.3 is 0 Å². The molecule has 1 aromatic carbocycles. The van der Waals surface area contributed by atoms with Crippen LogP contribution in [0.15, 0.2) is 48.8 Å². The van der Waals surface area contributed by atoms with E-state index in [9.17, 15) is 9.59 Å². The molecule has 1 saturated heterocycles. The maximum atomic E-state index is 12.5. The quantitative estimate of drug-likeness (QED) is 0.645. The van der Waals surface area contributed by atoms with E-state index in [4.69, 9.17) is 0 Å². The minimum atomic E-state index is -0.0871. The van der Waals surface area contributed by atoms with Crippen molar-refractivity contribution in [2.45, 2.75) is 6.42 Å². The molecule has 4 rings (SSSR count). The SMILES string of the molecule is O=CN1CCN(C(=O)c2ccc(NCCc3c[nH]c4ccccc34)cn2)CC1. The molecular formula is C21H23N5O2. The smallest absolute Gasteiger partial charge is 0.272 e. The molecule has 1 fully saturated rings. The van der Waals surface area contributed by atoms with Crippen LogP contribution < -0.4 is 5.32 Å². The van der Waals surface area contributed by atoms with Gasteiger partial charge < -0.3 is 20.1 Å². The van der Waals surface area contributed by atoms with Crippen LogP contribution >= 0.6 is 0 Å². The van der Waals surface area contributed by atoms with E-state index in [1.165, 1.54) is 10.9 Å². The average Bonchev–Trinajstić information content (AvgIpc) is 3.17. The van der Waals surface area contributed by atoms with Crippen molar-refractivity contribution in [1.29, 1.82) is 0 Å². The molecule has 1 aliphatic rings. The Labute approximate surface area is 163 Å². The number of H-pyrrole nitrogens is 1. The number of nitrogens with one attached hydrogen (secondary N) is 2. The van der Waals surface area contributed by atoms with Gasteiger partial charge in [-0.05, 0) is 30.2 Å². The summed E-state index contributed by atoms with van der Waals surface area (Å²) in [6.07, 6.45) is 5.48. The summed E-state index contributed by atoms with van der Waals surface area (Å²) in [5.74, 6) is -0.0871. The van der Waals surface area contributed by atoms with Crippen molar-refractivity contribution >= 4 is 28.9 Å². The number of hydrogen-bond acceptors (Lipinski definition) is 4. The van der Waals surface area contributed by atoms with Crippen LogP contribution in [0.5, 0.6) is 0 Å². The summed E-state index contributed by atoms with van der Waals surface area (Å²) in [5.41, 5.74) is 3.75. The Hall–Kier alpha value is -3.35. The van der Waals surface area contributed by atoms with Gasteiger partial charge in [0.05, 0.1) is 11.9 Å². The lowest BCUT2D eigenvalue weighted by Crippen LogP contribution is -2.48. The highest BCUT2D eigenvalue weighted by Gasteiger charge is 2.22. The summed E-state index contributed by atoms with van der Waals surface area (Å²) in [4.78, 5) is 34.3. The number of hydrogen-bond donors (Lipinski definition) is 2. The van der Waals surface area contributed by atoms with Crippen LogP contribution in [0.2, 0.25) is 0 Å². The summed E-state index contributed by atoms with van der Waals surface area (Å²) in [6, 6.07) is 11.9. The number of carbonyl (C=O) groups excluding carboxylic acids is 2. The largest absolute Gasteiger partial charge is 0.383 e. The van der Waals surface area contributed by atoms with Crippen molar-refractivity contribution in [3.8, 4) is 0 Å². The third-order valence-corrected chi connectivity index (χ3v) is 5.13. The molecule has 2 aromatic heterocycles. The van der Waals surface area contributed by atoms with Crippen molar-refractivity contribution in [1.82, 2.24) is 19.8 Å². The topological polar surface area (TPSA) is 81.3 Å². The molecule has 0 bridgehead atoms. The summed E-state index contributed by atoms with van der Waals surface area (Å²) in [7, 11) is 0. The first kappa shape index (κ1) is 18.0. The summed E-state index contributed by atoms with van der Waals surface area (Å²) >= 11 is 0. The van der Waals surface area contributed by atoms with E-state index in [2.05, 4.69) is 33.6 Å². The van der Waals surface area contributed by atoms with Crippen LogP contribution in [-0.2, 0) is 11.2 Å². The molecule has 2 N–H and O–H groups in total. The Bertz CT molecular complexity index is 958. The molecule has 0 radical (unpaired) electrons. The molecule has 1 aliphatic heterocycles. The molecular weight excluding hydrogens is 354 g/mol. The number of fused-ring (bicyclic) bond motifs is 1. The minimum absolute atomic E-state index is 0.0871. The standard InChI is InChI=1S/C21H23N5O2/c27-15-25-9-11-26(12-10-25)21(28)20-6-5-17(14-24-20)22-8-7-16-13-23-19-4-2-1-3-18(16)19/h1-6,13-15,22-23H,7-12H2. The van der Waals surface area contributed by atoms with Gasteiger partial charge in [0.15, 0.2) is 0 Å². The van der Waals surface area contributed by atoms with Crippen LogP contribution in [0.4, 0.5) is 5.69 Å². The number of anilines is 1. The van der Waals surface area contributed by atoms with Crippen molar-refractivity contribution < 1.29 is 9.59 Å². The maximum Gasteiger partial charge on any atom is 0.272 e. The Morgan fingerprint density at radius 2 is 1.96 bits per heavy atom. The number of aromatic nitrogens is 2. The first-order valence-electron chi connectivity index (χ1n) is 9.48. The molecule has 0 atom stereocenters. The van der Waals surface area contributed by atoms with Gasteiger partial charge in [0, 0.05) is 49.8 Å². The lowest BCUT2D eigenvalue weighted by Gasteiger charge is -2.32. The molecule has 7 heteroatoms. The molecule has 0 unspecified atom stereocenters. The second-order valence-corrected chi connectivity index (χ2v) is 6.90. The molecule has 2 amide bonds. The van der Waals surface area contributed by atoms with E-state index in [1.54, 1.807) is 22.1 Å². The zero-order valence-corrected chi connectivity index (χ0v) is 15.6. The fourth-order valence-corrected chi connectivity index (χ4v) is 3.50. The highest BCUT2D eigenvalue weighted by Crippen LogP contribution is 2.18. The second-order valence-electron chi connectivity index (χ2n) is 6.90. The molecule has 3 aromatic rings. The molecule has 144 valence electrons. The maximum absolute atomic E-state index is 12.5. The van der Waals surface area contributed by atoms with E-state index >= 15 is 0 Å². The highest BCUT2D eigenvalue weighted by molar-refractivity contribution is 5.92. The lowest BCUT2D eigenvalue weighted by atomic mass is 10.1. The predicted molar refractivity (Wildman–Crippen MR) is 108 cm³/mol. The van der Waals surface area contributed by atoms with Crippen LogP contribution in [0, 0.1) is 0 Å². The summed E-state index contributed by atoms with van der Waals surface area (Å²) in [6.45, 7) is 3.02. The van der Waals surface area contributed by atoms with Gasteiger partial charge in [-0.1, -0.05) is 18.2 Å². The predicted octanol–water partition coefficient (Wildman–Crippen LogP) is 2.13. The third kappa shape index (κ3) is 3.83.